The van der Waals surface area contributed by atoms with Crippen molar-refractivity contribution in [1.82, 2.24) is 4.98 Å². The molecule has 0 bridgehead atoms. The van der Waals surface area contributed by atoms with Gasteiger partial charge in [0, 0.05) is 25.5 Å². The van der Waals surface area contributed by atoms with Gasteiger partial charge >= 0.3 is 0 Å². The molecule has 0 unspecified atom stereocenters. The maximum absolute atomic E-state index is 8.72. The summed E-state index contributed by atoms with van der Waals surface area (Å²) in [5.41, 5.74) is 8.19. The molecule has 0 amide bonds. The Morgan fingerprint density at radius 3 is 2.78 bits per heavy atom. The quantitative estimate of drug-likeness (QED) is 0.832. The van der Waals surface area contributed by atoms with Crippen molar-refractivity contribution in [3.05, 3.63) is 53.7 Å². The van der Waals surface area contributed by atoms with Crippen LogP contribution in [0.4, 0.5) is 11.5 Å². The van der Waals surface area contributed by atoms with Crippen molar-refractivity contribution in [2.45, 2.75) is 6.54 Å². The number of nitriles is 1. The van der Waals surface area contributed by atoms with Gasteiger partial charge in [0.2, 0.25) is 0 Å². The average Bonchev–Trinajstić information content (AvgIpc) is 2.39. The molecule has 0 fully saturated rings. The standard InChI is InChI=1S/C14H14N4/c1-18(10-11-3-2-4-13(16)7-11)14-6-5-12(8-15)9-17-14/h2-7,9H,10,16H2,1H3. The van der Waals surface area contributed by atoms with Crippen molar-refractivity contribution in [2.75, 3.05) is 17.7 Å². The molecule has 0 aliphatic heterocycles. The van der Waals surface area contributed by atoms with Gasteiger partial charge in [-0.15, -0.1) is 0 Å². The van der Waals surface area contributed by atoms with E-state index >= 15 is 0 Å². The second-order valence-electron chi connectivity index (χ2n) is 4.12. The summed E-state index contributed by atoms with van der Waals surface area (Å²) in [6, 6.07) is 13.4. The second-order valence-corrected chi connectivity index (χ2v) is 4.12. The van der Waals surface area contributed by atoms with Gasteiger partial charge in [-0.1, -0.05) is 12.1 Å². The van der Waals surface area contributed by atoms with Crippen LogP contribution in [-0.4, -0.2) is 12.0 Å². The highest BCUT2D eigenvalue weighted by Gasteiger charge is 2.03. The van der Waals surface area contributed by atoms with E-state index in [1.54, 1.807) is 12.3 Å². The fourth-order valence-corrected chi connectivity index (χ4v) is 1.72. The Kier molecular flexibility index (Phi) is 3.44. The molecule has 0 radical (unpaired) electrons. The molecule has 0 atom stereocenters. The Morgan fingerprint density at radius 2 is 2.17 bits per heavy atom. The van der Waals surface area contributed by atoms with Crippen LogP contribution in [0.25, 0.3) is 0 Å². The number of anilines is 2. The number of benzene rings is 1. The molecule has 0 aliphatic carbocycles. The molecule has 1 aromatic carbocycles. The molecule has 0 saturated carbocycles. The molecule has 0 saturated heterocycles. The first-order valence-electron chi connectivity index (χ1n) is 5.61. The second kappa shape index (κ2) is 5.19. The first-order chi connectivity index (χ1) is 8.69. The van der Waals surface area contributed by atoms with E-state index in [0.717, 1.165) is 23.6 Å². The highest BCUT2D eigenvalue weighted by Crippen LogP contribution is 2.14. The Balaban J connectivity index is 2.12. The Hall–Kier alpha value is -2.54. The minimum atomic E-state index is 0.566. The number of aromatic nitrogens is 1. The van der Waals surface area contributed by atoms with E-state index in [0.29, 0.717) is 5.56 Å². The van der Waals surface area contributed by atoms with Crippen LogP contribution in [0.2, 0.25) is 0 Å². The zero-order valence-electron chi connectivity index (χ0n) is 10.2. The summed E-state index contributed by atoms with van der Waals surface area (Å²) >= 11 is 0. The van der Waals surface area contributed by atoms with Gasteiger partial charge in [0.15, 0.2) is 0 Å². The van der Waals surface area contributed by atoms with Gasteiger partial charge in [-0.2, -0.15) is 5.26 Å². The van der Waals surface area contributed by atoms with Crippen LogP contribution < -0.4 is 10.6 Å². The molecule has 0 aliphatic rings. The Morgan fingerprint density at radius 1 is 1.33 bits per heavy atom. The predicted molar refractivity (Wildman–Crippen MR) is 71.9 cm³/mol. The molecule has 2 N–H and O–H groups in total. The molecule has 2 rings (SSSR count). The van der Waals surface area contributed by atoms with E-state index in [2.05, 4.69) is 11.1 Å². The summed E-state index contributed by atoms with van der Waals surface area (Å²) in [6.45, 7) is 0.726. The van der Waals surface area contributed by atoms with Gasteiger partial charge < -0.3 is 10.6 Å². The van der Waals surface area contributed by atoms with E-state index in [1.165, 1.54) is 0 Å². The third-order valence-electron chi connectivity index (χ3n) is 2.64. The molecule has 2 aromatic rings. The SMILES string of the molecule is CN(Cc1cccc(N)c1)c1ccc(C#N)cn1. The van der Waals surface area contributed by atoms with Crippen LogP contribution in [0.15, 0.2) is 42.6 Å². The number of nitrogens with zero attached hydrogens (tertiary/aromatic N) is 3. The lowest BCUT2D eigenvalue weighted by atomic mass is 10.2. The molecular formula is C14H14N4. The lowest BCUT2D eigenvalue weighted by Crippen LogP contribution is -2.17. The summed E-state index contributed by atoms with van der Waals surface area (Å²) in [5, 5.41) is 8.72. The monoisotopic (exact) mass is 238 g/mol. The topological polar surface area (TPSA) is 65.9 Å². The lowest BCUT2D eigenvalue weighted by molar-refractivity contribution is 0.898. The number of rotatable bonds is 3. The van der Waals surface area contributed by atoms with Crippen LogP contribution in [0, 0.1) is 11.3 Å². The van der Waals surface area contributed by atoms with Gasteiger partial charge in [-0.25, -0.2) is 4.98 Å². The maximum atomic E-state index is 8.72. The number of hydrogen-bond acceptors (Lipinski definition) is 4. The first-order valence-corrected chi connectivity index (χ1v) is 5.61. The zero-order valence-corrected chi connectivity index (χ0v) is 10.2. The van der Waals surface area contributed by atoms with Crippen molar-refractivity contribution in [1.29, 1.82) is 5.26 Å². The fourth-order valence-electron chi connectivity index (χ4n) is 1.72. The fraction of sp³-hybridized carbons (Fsp3) is 0.143. The molecular weight excluding hydrogens is 224 g/mol. The van der Waals surface area contributed by atoms with Crippen LogP contribution in [0.3, 0.4) is 0 Å². The highest BCUT2D eigenvalue weighted by atomic mass is 15.2. The molecule has 18 heavy (non-hydrogen) atoms. The van der Waals surface area contributed by atoms with Crippen LogP contribution in [0.1, 0.15) is 11.1 Å². The number of pyridine rings is 1. The lowest BCUT2D eigenvalue weighted by Gasteiger charge is -2.18. The van der Waals surface area contributed by atoms with Crippen molar-refractivity contribution < 1.29 is 0 Å². The molecule has 90 valence electrons. The molecule has 1 heterocycles. The smallest absolute Gasteiger partial charge is 0.128 e. The number of nitrogen functional groups attached to an aromatic ring is 1. The average molecular weight is 238 g/mol. The summed E-state index contributed by atoms with van der Waals surface area (Å²) in [5.74, 6) is 0.830. The van der Waals surface area contributed by atoms with Crippen molar-refractivity contribution in [2.24, 2.45) is 0 Å². The zero-order chi connectivity index (χ0) is 13.0. The minimum absolute atomic E-state index is 0.566. The Labute approximate surface area is 106 Å². The van der Waals surface area contributed by atoms with Crippen LogP contribution in [-0.2, 0) is 6.54 Å². The van der Waals surface area contributed by atoms with E-state index in [9.17, 15) is 0 Å². The van der Waals surface area contributed by atoms with Crippen molar-refractivity contribution in [3.63, 3.8) is 0 Å². The van der Waals surface area contributed by atoms with Gasteiger partial charge in [-0.05, 0) is 29.8 Å². The maximum Gasteiger partial charge on any atom is 0.128 e. The first kappa shape index (κ1) is 11.9. The molecule has 4 nitrogen and oxygen atoms in total. The summed E-state index contributed by atoms with van der Waals surface area (Å²) in [7, 11) is 1.96. The van der Waals surface area contributed by atoms with Gasteiger partial charge in [0.25, 0.3) is 0 Å². The van der Waals surface area contributed by atoms with Crippen molar-refractivity contribution >= 4 is 11.5 Å². The summed E-state index contributed by atoms with van der Waals surface area (Å²) < 4.78 is 0. The van der Waals surface area contributed by atoms with E-state index < -0.39 is 0 Å². The van der Waals surface area contributed by atoms with Crippen LogP contribution >= 0.6 is 0 Å². The third-order valence-corrected chi connectivity index (χ3v) is 2.64. The van der Waals surface area contributed by atoms with Crippen molar-refractivity contribution in [3.8, 4) is 6.07 Å². The number of hydrogen-bond donors (Lipinski definition) is 1. The molecule has 4 heteroatoms. The predicted octanol–water partition coefficient (Wildman–Crippen LogP) is 2.17. The summed E-state index contributed by atoms with van der Waals surface area (Å²) in [4.78, 5) is 6.25. The van der Waals surface area contributed by atoms with E-state index in [1.807, 2.05) is 42.3 Å². The third kappa shape index (κ3) is 2.77. The van der Waals surface area contributed by atoms with E-state index in [-0.39, 0.29) is 0 Å². The highest BCUT2D eigenvalue weighted by molar-refractivity contribution is 5.45. The van der Waals surface area contributed by atoms with Gasteiger partial charge in [-0.3, -0.25) is 0 Å². The molecule has 0 spiro atoms. The van der Waals surface area contributed by atoms with E-state index in [4.69, 9.17) is 11.0 Å². The van der Waals surface area contributed by atoms with Gasteiger partial charge in [0.05, 0.1) is 5.56 Å². The molecule has 1 aromatic heterocycles. The minimum Gasteiger partial charge on any atom is -0.399 e. The largest absolute Gasteiger partial charge is 0.399 e. The normalized spacial score (nSPS) is 9.78. The Bertz CT molecular complexity index is 569. The van der Waals surface area contributed by atoms with Gasteiger partial charge in [0.1, 0.15) is 11.9 Å². The number of nitrogens with two attached hydrogens (primary N) is 1. The summed E-state index contributed by atoms with van der Waals surface area (Å²) in [6.07, 6.45) is 1.57. The van der Waals surface area contributed by atoms with Crippen LogP contribution in [0.5, 0.6) is 0 Å².